The third-order valence-corrected chi connectivity index (χ3v) is 5.01. The number of nitrogens with one attached hydrogen (secondary N) is 2. The predicted molar refractivity (Wildman–Crippen MR) is 96.3 cm³/mol. The number of likely N-dealkylation sites (N-methyl/N-ethyl adjacent to an activating group) is 1. The first-order chi connectivity index (χ1) is 12.6. The predicted octanol–water partition coefficient (Wildman–Crippen LogP) is 1.01. The molecule has 1 aromatic carbocycles. The first-order valence-corrected chi connectivity index (χ1v) is 8.98. The molecule has 0 aliphatic carbocycles. The highest BCUT2D eigenvalue weighted by Gasteiger charge is 2.52. The van der Waals surface area contributed by atoms with Crippen LogP contribution in [0.2, 0.25) is 0 Å². The number of nitrogens with zero attached hydrogens (tertiary/aromatic N) is 1. The molecule has 3 rings (SSSR count). The molecule has 8 nitrogen and oxygen atoms in total. The molecule has 2 bridgehead atoms. The average Bonchev–Trinajstić information content (AvgIpc) is 3.08. The molecular weight excluding hydrogens is 338 g/mol. The van der Waals surface area contributed by atoms with Gasteiger partial charge in [0.2, 0.25) is 0 Å². The zero-order valence-electron chi connectivity index (χ0n) is 15.3. The Labute approximate surface area is 153 Å². The topological polar surface area (TPSA) is 92.3 Å². The average molecular weight is 365 g/mol. The minimum Gasteiger partial charge on any atom is -0.497 e. The van der Waals surface area contributed by atoms with E-state index in [2.05, 4.69) is 15.5 Å². The Morgan fingerprint density at radius 1 is 1.31 bits per heavy atom. The van der Waals surface area contributed by atoms with Crippen LogP contribution in [0.4, 0.5) is 10.5 Å². The van der Waals surface area contributed by atoms with Crippen molar-refractivity contribution < 1.29 is 24.1 Å². The van der Waals surface area contributed by atoms with Crippen LogP contribution in [0.5, 0.6) is 5.75 Å². The Hall–Kier alpha value is -1.87. The molecule has 0 unspecified atom stereocenters. The van der Waals surface area contributed by atoms with E-state index in [0.29, 0.717) is 18.0 Å². The fraction of sp³-hybridized carbons (Fsp3) is 0.611. The Morgan fingerprint density at radius 2 is 2.00 bits per heavy atom. The van der Waals surface area contributed by atoms with Gasteiger partial charge < -0.3 is 30.0 Å². The number of aliphatic hydroxyl groups is 1. The lowest BCUT2D eigenvalue weighted by Crippen LogP contribution is -2.65. The number of aliphatic hydroxyl groups excluding tert-OH is 1. The van der Waals surface area contributed by atoms with E-state index in [4.69, 9.17) is 14.2 Å². The molecular formula is C18H27N3O5. The largest absolute Gasteiger partial charge is 0.497 e. The molecule has 5 atom stereocenters. The van der Waals surface area contributed by atoms with Crippen molar-refractivity contribution >= 4 is 11.7 Å². The van der Waals surface area contributed by atoms with Crippen molar-refractivity contribution in [2.75, 3.05) is 32.1 Å². The molecule has 26 heavy (non-hydrogen) atoms. The van der Waals surface area contributed by atoms with Gasteiger partial charge in [0.25, 0.3) is 0 Å². The number of rotatable bonds is 6. The Kier molecular flexibility index (Phi) is 5.98. The summed E-state index contributed by atoms with van der Waals surface area (Å²) in [5.74, 6) is 0.711. The fourth-order valence-corrected chi connectivity index (χ4v) is 3.61. The summed E-state index contributed by atoms with van der Waals surface area (Å²) in [6.07, 6.45) is -1.59. The standard InChI is InChI=1S/C18H27N3O5/c1-4-21(5-2)15-16(22)14(13-10-25-17(15)26-13)20-18(23)19-11-6-8-12(24-3)9-7-11/h6-9,13-17,22H,4-5,10H2,1-3H3,(H2,19,20,23)/t13-,14-,15-,16+,17-/m1/s1. The van der Waals surface area contributed by atoms with Gasteiger partial charge in [0.05, 0.1) is 31.9 Å². The first kappa shape index (κ1) is 18.9. The minimum absolute atomic E-state index is 0.310. The van der Waals surface area contributed by atoms with Crippen molar-refractivity contribution in [3.8, 4) is 5.75 Å². The van der Waals surface area contributed by atoms with Crippen LogP contribution >= 0.6 is 0 Å². The van der Waals surface area contributed by atoms with Gasteiger partial charge in [-0.2, -0.15) is 0 Å². The van der Waals surface area contributed by atoms with Crippen LogP contribution in [0, 0.1) is 0 Å². The number of benzene rings is 1. The highest BCUT2D eigenvalue weighted by atomic mass is 16.7. The lowest BCUT2D eigenvalue weighted by molar-refractivity contribution is -0.179. The van der Waals surface area contributed by atoms with Crippen molar-refractivity contribution in [2.45, 2.75) is 44.4 Å². The lowest BCUT2D eigenvalue weighted by atomic mass is 9.95. The number of anilines is 1. The first-order valence-electron chi connectivity index (χ1n) is 8.98. The third kappa shape index (κ3) is 3.78. The summed E-state index contributed by atoms with van der Waals surface area (Å²) < 4.78 is 16.7. The zero-order valence-corrected chi connectivity index (χ0v) is 15.3. The maximum atomic E-state index is 12.4. The van der Waals surface area contributed by atoms with E-state index in [-0.39, 0.29) is 12.1 Å². The van der Waals surface area contributed by atoms with E-state index in [1.807, 2.05) is 13.8 Å². The van der Waals surface area contributed by atoms with E-state index < -0.39 is 24.5 Å². The van der Waals surface area contributed by atoms with Crippen molar-refractivity contribution in [1.29, 1.82) is 0 Å². The van der Waals surface area contributed by atoms with E-state index in [1.165, 1.54) is 0 Å². The minimum atomic E-state index is -0.775. The van der Waals surface area contributed by atoms with Gasteiger partial charge in [-0.1, -0.05) is 13.8 Å². The van der Waals surface area contributed by atoms with Crippen LogP contribution in [0.25, 0.3) is 0 Å². The number of urea groups is 1. The second-order valence-corrected chi connectivity index (χ2v) is 6.43. The van der Waals surface area contributed by atoms with Crippen LogP contribution in [0.15, 0.2) is 24.3 Å². The van der Waals surface area contributed by atoms with Gasteiger partial charge in [-0.05, 0) is 37.4 Å². The summed E-state index contributed by atoms with van der Waals surface area (Å²) in [5, 5.41) is 16.5. The van der Waals surface area contributed by atoms with Gasteiger partial charge in [0.15, 0.2) is 6.29 Å². The molecule has 1 aromatic rings. The second-order valence-electron chi connectivity index (χ2n) is 6.43. The molecule has 2 heterocycles. The molecule has 0 saturated carbocycles. The molecule has 8 heteroatoms. The van der Waals surface area contributed by atoms with E-state index in [1.54, 1.807) is 31.4 Å². The summed E-state index contributed by atoms with van der Waals surface area (Å²) in [6.45, 7) is 5.92. The van der Waals surface area contributed by atoms with Crippen LogP contribution in [-0.2, 0) is 9.47 Å². The van der Waals surface area contributed by atoms with Crippen molar-refractivity contribution in [2.24, 2.45) is 0 Å². The van der Waals surface area contributed by atoms with Gasteiger partial charge in [-0.3, -0.25) is 4.90 Å². The van der Waals surface area contributed by atoms with Crippen LogP contribution in [0.3, 0.4) is 0 Å². The highest BCUT2D eigenvalue weighted by Crippen LogP contribution is 2.31. The normalized spacial score (nSPS) is 30.3. The van der Waals surface area contributed by atoms with Gasteiger partial charge in [-0.25, -0.2) is 4.79 Å². The van der Waals surface area contributed by atoms with E-state index in [0.717, 1.165) is 13.1 Å². The summed E-state index contributed by atoms with van der Waals surface area (Å²) >= 11 is 0. The maximum absolute atomic E-state index is 12.4. The molecule has 2 amide bonds. The van der Waals surface area contributed by atoms with E-state index in [9.17, 15) is 9.90 Å². The Morgan fingerprint density at radius 3 is 2.62 bits per heavy atom. The van der Waals surface area contributed by atoms with Gasteiger partial charge >= 0.3 is 6.03 Å². The van der Waals surface area contributed by atoms with Crippen LogP contribution in [0.1, 0.15) is 13.8 Å². The number of methoxy groups -OCH3 is 1. The molecule has 0 radical (unpaired) electrons. The molecule has 2 aliphatic heterocycles. The summed E-state index contributed by atoms with van der Waals surface area (Å²) in [5.41, 5.74) is 0.635. The molecule has 144 valence electrons. The number of ether oxygens (including phenoxy) is 3. The Balaban J connectivity index is 1.66. The number of fused-ring (bicyclic) bond motifs is 2. The zero-order chi connectivity index (χ0) is 18.7. The number of carbonyl (C=O) groups excluding carboxylic acids is 1. The van der Waals surface area contributed by atoms with Gasteiger partial charge in [0.1, 0.15) is 11.9 Å². The molecule has 0 aromatic heterocycles. The second kappa shape index (κ2) is 8.22. The van der Waals surface area contributed by atoms with E-state index >= 15 is 0 Å². The quantitative estimate of drug-likeness (QED) is 0.697. The Bertz CT molecular complexity index is 605. The molecule has 2 saturated heterocycles. The van der Waals surface area contributed by atoms with Crippen molar-refractivity contribution in [3.05, 3.63) is 24.3 Å². The fourth-order valence-electron chi connectivity index (χ4n) is 3.61. The van der Waals surface area contributed by atoms with Crippen molar-refractivity contribution in [1.82, 2.24) is 10.2 Å². The highest BCUT2D eigenvalue weighted by molar-refractivity contribution is 5.89. The monoisotopic (exact) mass is 365 g/mol. The summed E-state index contributed by atoms with van der Waals surface area (Å²) in [7, 11) is 1.59. The number of hydrogen-bond acceptors (Lipinski definition) is 6. The van der Waals surface area contributed by atoms with Gasteiger partial charge in [-0.15, -0.1) is 0 Å². The number of hydrogen-bond donors (Lipinski definition) is 3. The smallest absolute Gasteiger partial charge is 0.319 e. The summed E-state index contributed by atoms with van der Waals surface area (Å²) in [6, 6.07) is 5.78. The third-order valence-electron chi connectivity index (χ3n) is 5.01. The molecule has 3 N–H and O–H groups in total. The molecule has 2 fully saturated rings. The number of carbonyl (C=O) groups is 1. The van der Waals surface area contributed by atoms with Crippen LogP contribution in [-0.4, -0.2) is 73.4 Å². The van der Waals surface area contributed by atoms with Gasteiger partial charge in [0, 0.05) is 5.69 Å². The summed E-state index contributed by atoms with van der Waals surface area (Å²) in [4.78, 5) is 14.5. The maximum Gasteiger partial charge on any atom is 0.319 e. The molecule has 0 spiro atoms. The lowest BCUT2D eigenvalue weighted by Gasteiger charge is -2.43. The SMILES string of the molecule is CCN(CC)[C@H]1[C@@H]2OC[C@@H](O2)[C@@H](NC(=O)Nc2ccc(OC)cc2)[C@@H]1O. The van der Waals surface area contributed by atoms with Crippen LogP contribution < -0.4 is 15.4 Å². The molecule has 2 aliphatic rings. The van der Waals surface area contributed by atoms with Crippen molar-refractivity contribution in [3.63, 3.8) is 0 Å². The number of amides is 2.